The van der Waals surface area contributed by atoms with Crippen molar-refractivity contribution in [2.75, 3.05) is 6.61 Å². The van der Waals surface area contributed by atoms with Gasteiger partial charge in [0.1, 0.15) is 12.4 Å². The summed E-state index contributed by atoms with van der Waals surface area (Å²) in [6, 6.07) is 21.1. The third-order valence-corrected chi connectivity index (χ3v) is 9.13. The number of carbonyl (C=O) groups is 1. The molecule has 42 heavy (non-hydrogen) atoms. The number of allylic oxidation sites excluding steroid dienone is 1. The monoisotopic (exact) mass is 708 g/mol. The van der Waals surface area contributed by atoms with E-state index in [4.69, 9.17) is 9.47 Å². The van der Waals surface area contributed by atoms with E-state index in [1.807, 2.05) is 72.8 Å². The molecular formula is C33H30Br2N2O4S. The molecule has 0 spiro atoms. The maximum Gasteiger partial charge on any atom is 0.338 e. The van der Waals surface area contributed by atoms with Crippen LogP contribution in [0.2, 0.25) is 0 Å². The average molecular weight is 710 g/mol. The van der Waals surface area contributed by atoms with Crippen LogP contribution < -0.4 is 19.6 Å². The highest BCUT2D eigenvalue weighted by atomic mass is 79.9. The molecule has 6 nitrogen and oxygen atoms in total. The predicted octanol–water partition coefficient (Wildman–Crippen LogP) is 7.03. The molecule has 0 saturated heterocycles. The van der Waals surface area contributed by atoms with E-state index in [1.54, 1.807) is 18.4 Å². The van der Waals surface area contributed by atoms with Gasteiger partial charge in [-0.1, -0.05) is 83.6 Å². The van der Waals surface area contributed by atoms with E-state index in [2.05, 4.69) is 50.7 Å². The lowest BCUT2D eigenvalue weighted by Gasteiger charge is -2.25. The van der Waals surface area contributed by atoms with Crippen molar-refractivity contribution in [3.8, 4) is 5.75 Å². The first-order chi connectivity index (χ1) is 20.2. The first-order valence-electron chi connectivity index (χ1n) is 13.6. The van der Waals surface area contributed by atoms with Crippen molar-refractivity contribution in [2.45, 2.75) is 46.3 Å². The SMILES string of the molecule is CCOC(=O)C1=C(C)N=c2s/c(=C\c3ccc(OCc4ccc(Br)cc4)c(Br)c3)c(=O)n2[C@@H]1c1ccc(C(C)C)cc1. The number of fused-ring (bicyclic) bond motifs is 1. The Morgan fingerprint density at radius 3 is 2.43 bits per heavy atom. The Morgan fingerprint density at radius 1 is 1.07 bits per heavy atom. The highest BCUT2D eigenvalue weighted by Crippen LogP contribution is 2.32. The smallest absolute Gasteiger partial charge is 0.338 e. The molecule has 0 fully saturated rings. The molecule has 9 heteroatoms. The van der Waals surface area contributed by atoms with E-state index in [1.165, 1.54) is 16.9 Å². The molecule has 0 amide bonds. The van der Waals surface area contributed by atoms with Gasteiger partial charge < -0.3 is 9.47 Å². The molecule has 1 aromatic heterocycles. The second-order valence-corrected chi connectivity index (χ2v) is 13.0. The van der Waals surface area contributed by atoms with Crippen molar-refractivity contribution in [3.05, 3.63) is 129 Å². The Morgan fingerprint density at radius 2 is 1.79 bits per heavy atom. The molecule has 5 rings (SSSR count). The molecule has 0 unspecified atom stereocenters. The fraction of sp³-hybridized carbons (Fsp3) is 0.242. The van der Waals surface area contributed by atoms with Crippen LogP contribution in [0.3, 0.4) is 0 Å². The number of carbonyl (C=O) groups excluding carboxylic acids is 1. The van der Waals surface area contributed by atoms with Gasteiger partial charge in [0, 0.05) is 4.47 Å². The summed E-state index contributed by atoms with van der Waals surface area (Å²) in [6.07, 6.45) is 1.84. The fourth-order valence-corrected chi connectivity index (χ4v) is 6.61. The molecule has 2 heterocycles. The molecule has 0 N–H and O–H groups in total. The van der Waals surface area contributed by atoms with Crippen LogP contribution in [0.15, 0.2) is 96.7 Å². The minimum Gasteiger partial charge on any atom is -0.488 e. The van der Waals surface area contributed by atoms with Crippen LogP contribution in [0.1, 0.15) is 61.9 Å². The number of thiazole rings is 1. The lowest BCUT2D eigenvalue weighted by Crippen LogP contribution is -2.39. The lowest BCUT2D eigenvalue weighted by molar-refractivity contribution is -0.139. The van der Waals surface area contributed by atoms with Gasteiger partial charge in [-0.15, -0.1) is 0 Å². The van der Waals surface area contributed by atoms with Crippen LogP contribution in [0.4, 0.5) is 0 Å². The van der Waals surface area contributed by atoms with Crippen LogP contribution in [0.5, 0.6) is 5.75 Å². The van der Waals surface area contributed by atoms with Gasteiger partial charge in [0.2, 0.25) is 0 Å². The molecule has 3 aromatic carbocycles. The van der Waals surface area contributed by atoms with Crippen LogP contribution in [0, 0.1) is 0 Å². The van der Waals surface area contributed by atoms with Crippen molar-refractivity contribution >= 4 is 55.2 Å². The summed E-state index contributed by atoms with van der Waals surface area (Å²) in [5.74, 6) is 0.601. The quantitative estimate of drug-likeness (QED) is 0.184. The number of nitrogens with zero attached hydrogens (tertiary/aromatic N) is 2. The zero-order valence-corrected chi connectivity index (χ0v) is 27.7. The largest absolute Gasteiger partial charge is 0.488 e. The first-order valence-corrected chi connectivity index (χ1v) is 16.0. The van der Waals surface area contributed by atoms with Crippen LogP contribution in [-0.2, 0) is 16.1 Å². The van der Waals surface area contributed by atoms with Gasteiger partial charge in [-0.25, -0.2) is 9.79 Å². The van der Waals surface area contributed by atoms with Crippen molar-refractivity contribution in [2.24, 2.45) is 4.99 Å². The van der Waals surface area contributed by atoms with E-state index in [9.17, 15) is 9.59 Å². The summed E-state index contributed by atoms with van der Waals surface area (Å²) in [6.45, 7) is 8.49. The van der Waals surface area contributed by atoms with E-state index in [-0.39, 0.29) is 12.2 Å². The zero-order chi connectivity index (χ0) is 30.0. The maximum absolute atomic E-state index is 13.9. The minimum atomic E-state index is -0.634. The van der Waals surface area contributed by atoms with Gasteiger partial charge in [-0.2, -0.15) is 0 Å². The third kappa shape index (κ3) is 6.38. The van der Waals surface area contributed by atoms with Gasteiger partial charge in [0.05, 0.1) is 32.9 Å². The fourth-order valence-electron chi connectivity index (χ4n) is 4.79. The summed E-state index contributed by atoms with van der Waals surface area (Å²) < 4.78 is 15.3. The standard InChI is InChI=1S/C33H30Br2N2O4S/c1-5-40-32(39)29-20(4)36-33-37(30(29)24-11-9-23(10-12-24)19(2)3)31(38)28(42-33)17-22-8-15-27(26(35)16-22)41-18-21-6-13-25(34)14-7-21/h6-17,19,30H,5,18H2,1-4H3/b28-17-/t30-/m1/s1. The minimum absolute atomic E-state index is 0.210. The van der Waals surface area contributed by atoms with Gasteiger partial charge >= 0.3 is 5.97 Å². The summed E-state index contributed by atoms with van der Waals surface area (Å²) >= 11 is 8.37. The van der Waals surface area contributed by atoms with Gasteiger partial charge in [-0.05, 0) is 88.3 Å². The number of benzene rings is 3. The number of hydrogen-bond acceptors (Lipinski definition) is 6. The summed E-state index contributed by atoms with van der Waals surface area (Å²) in [5.41, 5.74) is 4.62. The maximum atomic E-state index is 13.9. The zero-order valence-electron chi connectivity index (χ0n) is 23.7. The molecule has 1 aliphatic heterocycles. The van der Waals surface area contributed by atoms with Crippen LogP contribution in [0.25, 0.3) is 6.08 Å². The Balaban J connectivity index is 1.52. The normalized spacial score (nSPS) is 15.0. The molecule has 0 radical (unpaired) electrons. The molecule has 1 aliphatic rings. The molecule has 4 aromatic rings. The van der Waals surface area contributed by atoms with Crippen LogP contribution >= 0.6 is 43.2 Å². The highest BCUT2D eigenvalue weighted by Gasteiger charge is 2.33. The van der Waals surface area contributed by atoms with Crippen molar-refractivity contribution in [3.63, 3.8) is 0 Å². The highest BCUT2D eigenvalue weighted by molar-refractivity contribution is 9.10. The Bertz CT molecular complexity index is 1840. The van der Waals surface area contributed by atoms with E-state index in [0.717, 1.165) is 25.6 Å². The number of halogens is 2. The van der Waals surface area contributed by atoms with Crippen molar-refractivity contribution < 1.29 is 14.3 Å². The molecule has 0 bridgehead atoms. The van der Waals surface area contributed by atoms with E-state index >= 15 is 0 Å². The van der Waals surface area contributed by atoms with Gasteiger partial charge in [-0.3, -0.25) is 9.36 Å². The second kappa shape index (κ2) is 12.9. The molecule has 216 valence electrons. The number of aromatic nitrogens is 1. The molecule has 0 saturated carbocycles. The molecular weight excluding hydrogens is 680 g/mol. The van der Waals surface area contributed by atoms with E-state index < -0.39 is 12.0 Å². The van der Waals surface area contributed by atoms with Crippen molar-refractivity contribution in [1.82, 2.24) is 4.57 Å². The summed E-state index contributed by atoms with van der Waals surface area (Å²) in [5, 5.41) is 0. The number of rotatable bonds is 8. The van der Waals surface area contributed by atoms with Gasteiger partial charge in [0.15, 0.2) is 4.80 Å². The third-order valence-electron chi connectivity index (χ3n) is 7.00. The number of ether oxygens (including phenoxy) is 2. The van der Waals surface area contributed by atoms with Crippen molar-refractivity contribution in [1.29, 1.82) is 0 Å². The average Bonchev–Trinajstić information content (AvgIpc) is 3.26. The Kier molecular flexibility index (Phi) is 9.30. The van der Waals surface area contributed by atoms with E-state index in [0.29, 0.717) is 38.9 Å². The first kappa shape index (κ1) is 30.2. The lowest BCUT2D eigenvalue weighted by atomic mass is 9.93. The predicted molar refractivity (Wildman–Crippen MR) is 174 cm³/mol. The second-order valence-electron chi connectivity index (χ2n) is 10.2. The number of hydrogen-bond donors (Lipinski definition) is 0. The van der Waals surface area contributed by atoms with Gasteiger partial charge in [0.25, 0.3) is 5.56 Å². The number of esters is 1. The summed E-state index contributed by atoms with van der Waals surface area (Å²) in [4.78, 5) is 32.3. The Hall–Kier alpha value is -3.27. The Labute approximate surface area is 265 Å². The topological polar surface area (TPSA) is 69.9 Å². The molecule has 0 aliphatic carbocycles. The summed E-state index contributed by atoms with van der Waals surface area (Å²) in [7, 11) is 0. The molecule has 1 atom stereocenters. The van der Waals surface area contributed by atoms with Crippen LogP contribution in [-0.4, -0.2) is 17.1 Å².